The predicted molar refractivity (Wildman–Crippen MR) is 124 cm³/mol. The molecule has 5 heterocycles. The molecular weight excluding hydrogens is 422 g/mol. The Hall–Kier alpha value is -2.46. The van der Waals surface area contributed by atoms with Gasteiger partial charge in [-0.25, -0.2) is 0 Å². The summed E-state index contributed by atoms with van der Waals surface area (Å²) in [5.74, 6) is 1.93. The molecule has 10 heteroatoms. The molecule has 0 saturated carbocycles. The van der Waals surface area contributed by atoms with Gasteiger partial charge < -0.3 is 24.8 Å². The first-order valence-corrected chi connectivity index (χ1v) is 12.4. The number of piperazine rings is 2. The van der Waals surface area contributed by atoms with Gasteiger partial charge in [-0.1, -0.05) is 0 Å². The van der Waals surface area contributed by atoms with Crippen LogP contribution in [0.3, 0.4) is 0 Å². The van der Waals surface area contributed by atoms with Crippen molar-refractivity contribution < 1.29 is 14.3 Å². The molecule has 2 unspecified atom stereocenters. The Balaban J connectivity index is 1.07. The zero-order chi connectivity index (χ0) is 22.6. The Bertz CT molecular complexity index is 804. The fourth-order valence-electron chi connectivity index (χ4n) is 5.25. The lowest BCUT2D eigenvalue weighted by Gasteiger charge is -2.38. The number of carbonyl (C=O) groups is 2. The maximum atomic E-state index is 12.8. The van der Waals surface area contributed by atoms with Crippen LogP contribution in [0.5, 0.6) is 0 Å². The molecule has 0 bridgehead atoms. The molecule has 10 nitrogen and oxygen atoms in total. The Kier molecular flexibility index (Phi) is 6.91. The highest BCUT2D eigenvalue weighted by atomic mass is 16.5. The van der Waals surface area contributed by atoms with Crippen LogP contribution in [0.15, 0.2) is 12.1 Å². The normalized spacial score (nSPS) is 27.0. The van der Waals surface area contributed by atoms with E-state index in [1.807, 2.05) is 4.90 Å². The van der Waals surface area contributed by atoms with Crippen LogP contribution in [0.25, 0.3) is 0 Å². The number of aromatic nitrogens is 2. The van der Waals surface area contributed by atoms with E-state index in [-0.39, 0.29) is 17.7 Å². The Morgan fingerprint density at radius 2 is 1.64 bits per heavy atom. The number of hydrogen-bond donors (Lipinski definition) is 1. The van der Waals surface area contributed by atoms with Crippen molar-refractivity contribution in [3.05, 3.63) is 12.1 Å². The van der Waals surface area contributed by atoms with E-state index in [1.165, 1.54) is 12.8 Å². The summed E-state index contributed by atoms with van der Waals surface area (Å²) in [6.07, 6.45) is 3.89. The van der Waals surface area contributed by atoms with Gasteiger partial charge in [0.2, 0.25) is 11.8 Å². The molecule has 1 aromatic rings. The van der Waals surface area contributed by atoms with Gasteiger partial charge in [0.1, 0.15) is 0 Å². The second-order valence-electron chi connectivity index (χ2n) is 9.52. The van der Waals surface area contributed by atoms with Crippen LogP contribution in [-0.2, 0) is 14.3 Å². The molecule has 1 N–H and O–H groups in total. The van der Waals surface area contributed by atoms with Crippen molar-refractivity contribution in [2.45, 2.75) is 31.8 Å². The largest absolute Gasteiger partial charge is 0.377 e. The number of nitrogens with zero attached hydrogens (tertiary/aromatic N) is 6. The number of hydrogen-bond acceptors (Lipinski definition) is 8. The summed E-state index contributed by atoms with van der Waals surface area (Å²) in [5, 5.41) is 11.8. The third-order valence-electron chi connectivity index (χ3n) is 7.35. The molecule has 4 fully saturated rings. The van der Waals surface area contributed by atoms with Crippen molar-refractivity contribution >= 4 is 23.5 Å². The molecule has 0 aliphatic carbocycles. The summed E-state index contributed by atoms with van der Waals surface area (Å²) in [6.45, 7) is 9.27. The third kappa shape index (κ3) is 5.38. The average Bonchev–Trinajstić information content (AvgIpc) is 3.38. The van der Waals surface area contributed by atoms with Crippen molar-refractivity contribution in [2.75, 3.05) is 81.9 Å². The fraction of sp³-hybridized carbons (Fsp3) is 0.739. The molecule has 180 valence electrons. The molecule has 33 heavy (non-hydrogen) atoms. The smallest absolute Gasteiger partial charge is 0.227 e. The third-order valence-corrected chi connectivity index (χ3v) is 7.35. The Morgan fingerprint density at radius 1 is 0.970 bits per heavy atom. The summed E-state index contributed by atoms with van der Waals surface area (Å²) in [6, 6.07) is 4.12. The lowest BCUT2D eigenvalue weighted by atomic mass is 9.97. The number of carbonyl (C=O) groups excluding carboxylic acids is 2. The van der Waals surface area contributed by atoms with Gasteiger partial charge in [-0.3, -0.25) is 14.5 Å². The van der Waals surface area contributed by atoms with Gasteiger partial charge in [0.15, 0.2) is 11.6 Å². The first-order chi connectivity index (χ1) is 16.2. The van der Waals surface area contributed by atoms with Gasteiger partial charge >= 0.3 is 0 Å². The predicted octanol–water partition coefficient (Wildman–Crippen LogP) is -0.0476. The van der Waals surface area contributed by atoms with Crippen molar-refractivity contribution in [1.29, 1.82) is 0 Å². The van der Waals surface area contributed by atoms with Crippen LogP contribution < -0.4 is 15.1 Å². The van der Waals surface area contributed by atoms with Crippen LogP contribution in [0, 0.1) is 5.92 Å². The highest BCUT2D eigenvalue weighted by Crippen LogP contribution is 2.21. The first kappa shape index (κ1) is 22.3. The van der Waals surface area contributed by atoms with E-state index in [0.717, 1.165) is 64.1 Å². The molecule has 4 aliphatic heterocycles. The second-order valence-corrected chi connectivity index (χ2v) is 9.52. The fourth-order valence-corrected chi connectivity index (χ4v) is 5.25. The van der Waals surface area contributed by atoms with Gasteiger partial charge in [-0.2, -0.15) is 0 Å². The van der Waals surface area contributed by atoms with Crippen molar-refractivity contribution in [1.82, 2.24) is 25.3 Å². The van der Waals surface area contributed by atoms with Crippen LogP contribution >= 0.6 is 0 Å². The molecular formula is C23H35N7O3. The average molecular weight is 458 g/mol. The number of ether oxygens (including phenoxy) is 1. The van der Waals surface area contributed by atoms with Gasteiger partial charge in [0.25, 0.3) is 0 Å². The lowest BCUT2D eigenvalue weighted by Crippen LogP contribution is -2.52. The molecule has 2 amide bonds. The zero-order valence-corrected chi connectivity index (χ0v) is 19.3. The molecule has 0 radical (unpaired) electrons. The first-order valence-electron chi connectivity index (χ1n) is 12.4. The summed E-state index contributed by atoms with van der Waals surface area (Å²) in [7, 11) is 0. The quantitative estimate of drug-likeness (QED) is 0.658. The van der Waals surface area contributed by atoms with E-state index in [9.17, 15) is 9.59 Å². The summed E-state index contributed by atoms with van der Waals surface area (Å²) < 4.78 is 5.77. The van der Waals surface area contributed by atoms with Crippen LogP contribution in [0.1, 0.15) is 25.7 Å². The molecule has 0 aromatic carbocycles. The van der Waals surface area contributed by atoms with E-state index in [4.69, 9.17) is 4.74 Å². The van der Waals surface area contributed by atoms with Gasteiger partial charge in [0, 0.05) is 78.5 Å². The van der Waals surface area contributed by atoms with Gasteiger partial charge in [-0.15, -0.1) is 10.2 Å². The van der Waals surface area contributed by atoms with E-state index >= 15 is 0 Å². The van der Waals surface area contributed by atoms with Crippen LogP contribution in [-0.4, -0.2) is 110 Å². The Labute approximate surface area is 195 Å². The number of amides is 2. The number of piperidine rings is 1. The van der Waals surface area contributed by atoms with Gasteiger partial charge in [-0.05, 0) is 31.4 Å². The highest BCUT2D eigenvalue weighted by Gasteiger charge is 2.31. The molecule has 5 rings (SSSR count). The van der Waals surface area contributed by atoms with E-state index in [2.05, 4.69) is 42.3 Å². The SMILES string of the molecule is O=C1CCC(C(=O)N2CCN(c3ccc(N4CCN(CC5CCCO5)CC4)nn3)CC2)CN1. The highest BCUT2D eigenvalue weighted by molar-refractivity contribution is 5.84. The standard InChI is InChI=1S/C23H35N7O3/c31-22-6-3-18(16-24-22)23(32)30-13-11-29(12-14-30)21-5-4-20(25-26-21)28-9-7-27(8-10-28)17-19-2-1-15-33-19/h4-5,18-19H,1-3,6-17H2,(H,24,31). The molecule has 4 saturated heterocycles. The minimum absolute atomic E-state index is 0.0476. The molecule has 1 aromatic heterocycles. The molecule has 4 aliphatic rings. The zero-order valence-electron chi connectivity index (χ0n) is 19.3. The Morgan fingerprint density at radius 3 is 2.18 bits per heavy atom. The summed E-state index contributed by atoms with van der Waals surface area (Å²) in [4.78, 5) is 33.0. The summed E-state index contributed by atoms with van der Waals surface area (Å²) in [5.41, 5.74) is 0. The number of nitrogens with one attached hydrogen (secondary N) is 1. The van der Waals surface area contributed by atoms with E-state index < -0.39 is 0 Å². The monoisotopic (exact) mass is 457 g/mol. The lowest BCUT2D eigenvalue weighted by molar-refractivity contribution is -0.137. The maximum Gasteiger partial charge on any atom is 0.227 e. The molecule has 2 atom stereocenters. The van der Waals surface area contributed by atoms with E-state index in [0.29, 0.717) is 38.6 Å². The minimum Gasteiger partial charge on any atom is -0.377 e. The van der Waals surface area contributed by atoms with Crippen molar-refractivity contribution in [3.63, 3.8) is 0 Å². The van der Waals surface area contributed by atoms with Crippen molar-refractivity contribution in [2.24, 2.45) is 5.92 Å². The van der Waals surface area contributed by atoms with Crippen molar-refractivity contribution in [3.8, 4) is 0 Å². The summed E-state index contributed by atoms with van der Waals surface area (Å²) >= 11 is 0. The van der Waals surface area contributed by atoms with Gasteiger partial charge in [0.05, 0.1) is 12.0 Å². The number of anilines is 2. The minimum atomic E-state index is -0.0838. The van der Waals surface area contributed by atoms with Crippen LogP contribution in [0.2, 0.25) is 0 Å². The topological polar surface area (TPSA) is 94.1 Å². The maximum absolute atomic E-state index is 12.8. The second kappa shape index (κ2) is 10.2. The van der Waals surface area contributed by atoms with E-state index in [1.54, 1.807) is 0 Å². The molecule has 0 spiro atoms. The number of rotatable bonds is 5. The van der Waals surface area contributed by atoms with Crippen LogP contribution in [0.4, 0.5) is 11.6 Å².